The van der Waals surface area contributed by atoms with Crippen LogP contribution in [0.1, 0.15) is 24.4 Å². The molecule has 1 fully saturated rings. The van der Waals surface area contributed by atoms with Crippen LogP contribution in [0.2, 0.25) is 0 Å². The fourth-order valence-electron chi connectivity index (χ4n) is 2.34. The molecule has 1 atom stereocenters. The standard InChI is InChI=1S/C15H18N4O2S2/c1-21-11-6-4-10(5-7-11)13(9-2-3-9)17-12(20)8-22-15-19-18-14(16)23-15/h4-7,9,13H,2-3,8H2,1H3,(H2,16,18)(H,17,20). The summed E-state index contributed by atoms with van der Waals surface area (Å²) >= 11 is 2.65. The van der Waals surface area contributed by atoms with E-state index >= 15 is 0 Å². The van der Waals surface area contributed by atoms with Crippen LogP contribution in [0.5, 0.6) is 5.75 Å². The number of rotatable bonds is 7. The predicted octanol–water partition coefficient (Wildman–Crippen LogP) is 2.49. The first kappa shape index (κ1) is 16.1. The van der Waals surface area contributed by atoms with Gasteiger partial charge in [-0.1, -0.05) is 35.2 Å². The van der Waals surface area contributed by atoms with Gasteiger partial charge in [0.25, 0.3) is 0 Å². The molecule has 0 saturated heterocycles. The summed E-state index contributed by atoms with van der Waals surface area (Å²) in [6, 6.07) is 7.95. The number of nitrogens with two attached hydrogens (primary N) is 1. The van der Waals surface area contributed by atoms with Crippen LogP contribution >= 0.6 is 23.1 Å². The third-order valence-electron chi connectivity index (χ3n) is 3.63. The van der Waals surface area contributed by atoms with Gasteiger partial charge in [0.1, 0.15) is 5.75 Å². The maximum absolute atomic E-state index is 12.2. The van der Waals surface area contributed by atoms with E-state index in [9.17, 15) is 4.79 Å². The molecule has 2 aromatic rings. The summed E-state index contributed by atoms with van der Waals surface area (Å²) in [6.07, 6.45) is 2.30. The van der Waals surface area contributed by atoms with Crippen molar-refractivity contribution < 1.29 is 9.53 Å². The maximum atomic E-state index is 12.2. The monoisotopic (exact) mass is 350 g/mol. The van der Waals surface area contributed by atoms with Crippen molar-refractivity contribution in [2.75, 3.05) is 18.6 Å². The van der Waals surface area contributed by atoms with Crippen molar-refractivity contribution in [1.29, 1.82) is 0 Å². The summed E-state index contributed by atoms with van der Waals surface area (Å²) in [5.74, 6) is 1.65. The number of nitrogen functional groups attached to an aromatic ring is 1. The molecule has 0 spiro atoms. The van der Waals surface area contributed by atoms with E-state index < -0.39 is 0 Å². The van der Waals surface area contributed by atoms with E-state index in [1.807, 2.05) is 24.3 Å². The Balaban J connectivity index is 1.59. The van der Waals surface area contributed by atoms with E-state index in [1.165, 1.54) is 23.1 Å². The summed E-state index contributed by atoms with van der Waals surface area (Å²) < 4.78 is 5.90. The van der Waals surface area contributed by atoms with Crippen molar-refractivity contribution in [2.45, 2.75) is 23.2 Å². The lowest BCUT2D eigenvalue weighted by molar-refractivity contribution is -0.119. The molecule has 8 heteroatoms. The molecule has 1 aromatic carbocycles. The van der Waals surface area contributed by atoms with Gasteiger partial charge in [0.2, 0.25) is 11.0 Å². The van der Waals surface area contributed by atoms with Crippen molar-refractivity contribution >= 4 is 34.1 Å². The molecule has 0 bridgehead atoms. The smallest absolute Gasteiger partial charge is 0.230 e. The van der Waals surface area contributed by atoms with E-state index in [-0.39, 0.29) is 11.9 Å². The van der Waals surface area contributed by atoms with Gasteiger partial charge in [0.15, 0.2) is 4.34 Å². The summed E-state index contributed by atoms with van der Waals surface area (Å²) in [5.41, 5.74) is 6.65. The first-order chi connectivity index (χ1) is 11.2. The zero-order valence-corrected chi connectivity index (χ0v) is 14.3. The Kier molecular flexibility index (Phi) is 5.02. The Morgan fingerprint density at radius 1 is 1.43 bits per heavy atom. The highest BCUT2D eigenvalue weighted by molar-refractivity contribution is 8.01. The molecule has 6 nitrogen and oxygen atoms in total. The molecule has 1 aromatic heterocycles. The topological polar surface area (TPSA) is 90.1 Å². The summed E-state index contributed by atoms with van der Waals surface area (Å²) in [6.45, 7) is 0. The minimum Gasteiger partial charge on any atom is -0.497 e. The van der Waals surface area contributed by atoms with Gasteiger partial charge in [-0.15, -0.1) is 10.2 Å². The second-order valence-electron chi connectivity index (χ2n) is 5.35. The van der Waals surface area contributed by atoms with Gasteiger partial charge in [-0.3, -0.25) is 4.79 Å². The van der Waals surface area contributed by atoms with Gasteiger partial charge < -0.3 is 15.8 Å². The molecule has 1 aliphatic rings. The summed E-state index contributed by atoms with van der Waals surface area (Å²) in [4.78, 5) is 12.2. The van der Waals surface area contributed by atoms with Crippen molar-refractivity contribution in [2.24, 2.45) is 5.92 Å². The molecule has 3 rings (SSSR count). The first-order valence-corrected chi connectivity index (χ1v) is 9.11. The maximum Gasteiger partial charge on any atom is 0.230 e. The Bertz CT molecular complexity index is 670. The van der Waals surface area contributed by atoms with Gasteiger partial charge in [0, 0.05) is 0 Å². The third kappa shape index (κ3) is 4.35. The Hall–Kier alpha value is -1.80. The van der Waals surface area contributed by atoms with E-state index in [0.29, 0.717) is 21.1 Å². The molecule has 122 valence electrons. The van der Waals surface area contributed by atoms with Crippen LogP contribution in [-0.2, 0) is 4.79 Å². The first-order valence-electron chi connectivity index (χ1n) is 7.31. The molecule has 1 aliphatic carbocycles. The average Bonchev–Trinajstić information content (AvgIpc) is 3.32. The molecular formula is C15H18N4O2S2. The number of nitrogens with zero attached hydrogens (tertiary/aromatic N) is 2. The van der Waals surface area contributed by atoms with E-state index in [0.717, 1.165) is 24.2 Å². The molecule has 0 aliphatic heterocycles. The quantitative estimate of drug-likeness (QED) is 0.746. The van der Waals surface area contributed by atoms with Gasteiger partial charge in [-0.05, 0) is 36.5 Å². The lowest BCUT2D eigenvalue weighted by atomic mass is 10.0. The highest BCUT2D eigenvalue weighted by atomic mass is 32.2. The van der Waals surface area contributed by atoms with Gasteiger partial charge >= 0.3 is 0 Å². The zero-order valence-electron chi connectivity index (χ0n) is 12.7. The van der Waals surface area contributed by atoms with Crippen molar-refractivity contribution in [1.82, 2.24) is 15.5 Å². The number of nitrogens with one attached hydrogen (secondary N) is 1. The molecule has 1 saturated carbocycles. The number of carbonyl (C=O) groups excluding carboxylic acids is 1. The van der Waals surface area contributed by atoms with Crippen LogP contribution in [0.25, 0.3) is 0 Å². The number of carbonyl (C=O) groups is 1. The van der Waals surface area contributed by atoms with Crippen LogP contribution in [0.15, 0.2) is 28.6 Å². The number of anilines is 1. The minimum atomic E-state index is -0.00325. The van der Waals surface area contributed by atoms with Crippen LogP contribution in [0, 0.1) is 5.92 Å². The number of benzene rings is 1. The number of methoxy groups -OCH3 is 1. The predicted molar refractivity (Wildman–Crippen MR) is 91.6 cm³/mol. The fraction of sp³-hybridized carbons (Fsp3) is 0.400. The van der Waals surface area contributed by atoms with E-state index in [1.54, 1.807) is 7.11 Å². The number of amides is 1. The van der Waals surface area contributed by atoms with Gasteiger partial charge in [0.05, 0.1) is 18.9 Å². The Labute approximate surface area is 142 Å². The molecule has 3 N–H and O–H groups in total. The fourth-order valence-corrected chi connectivity index (χ4v) is 3.78. The van der Waals surface area contributed by atoms with Crippen LogP contribution in [0.4, 0.5) is 5.13 Å². The summed E-state index contributed by atoms with van der Waals surface area (Å²) in [7, 11) is 1.65. The van der Waals surface area contributed by atoms with Crippen molar-refractivity contribution in [3.63, 3.8) is 0 Å². The zero-order chi connectivity index (χ0) is 16.2. The minimum absolute atomic E-state index is 0.00325. The largest absolute Gasteiger partial charge is 0.497 e. The third-order valence-corrected chi connectivity index (χ3v) is 5.52. The van der Waals surface area contributed by atoms with Crippen LogP contribution in [-0.4, -0.2) is 29.0 Å². The second kappa shape index (κ2) is 7.18. The van der Waals surface area contributed by atoms with Gasteiger partial charge in [-0.25, -0.2) is 0 Å². The Morgan fingerprint density at radius 2 is 2.17 bits per heavy atom. The van der Waals surface area contributed by atoms with Crippen LogP contribution < -0.4 is 15.8 Å². The summed E-state index contributed by atoms with van der Waals surface area (Å²) in [5, 5.41) is 11.2. The average molecular weight is 350 g/mol. The lowest BCUT2D eigenvalue weighted by Gasteiger charge is -2.19. The Morgan fingerprint density at radius 3 is 2.74 bits per heavy atom. The van der Waals surface area contributed by atoms with Crippen LogP contribution in [0.3, 0.4) is 0 Å². The van der Waals surface area contributed by atoms with Crippen molar-refractivity contribution in [3.8, 4) is 5.75 Å². The lowest BCUT2D eigenvalue weighted by Crippen LogP contribution is -2.31. The number of thioether (sulfide) groups is 1. The molecule has 1 unspecified atom stereocenters. The molecule has 23 heavy (non-hydrogen) atoms. The number of aromatic nitrogens is 2. The second-order valence-corrected chi connectivity index (χ2v) is 7.58. The van der Waals surface area contributed by atoms with E-state index in [4.69, 9.17) is 10.5 Å². The highest BCUT2D eigenvalue weighted by Gasteiger charge is 2.33. The van der Waals surface area contributed by atoms with Gasteiger partial charge in [-0.2, -0.15) is 0 Å². The SMILES string of the molecule is COc1ccc(C(NC(=O)CSc2nnc(N)s2)C2CC2)cc1. The van der Waals surface area contributed by atoms with Crippen molar-refractivity contribution in [3.05, 3.63) is 29.8 Å². The number of ether oxygens (including phenoxy) is 1. The number of hydrogen-bond donors (Lipinski definition) is 2. The normalized spacial score (nSPS) is 15.2. The molecule has 0 radical (unpaired) electrons. The number of hydrogen-bond acceptors (Lipinski definition) is 7. The highest BCUT2D eigenvalue weighted by Crippen LogP contribution is 2.41. The molecule has 1 heterocycles. The van der Waals surface area contributed by atoms with E-state index in [2.05, 4.69) is 15.5 Å². The molecule has 1 amide bonds. The molecular weight excluding hydrogens is 332 g/mol.